The molecule has 1 heterocycles. The Kier molecular flexibility index (Phi) is 3.32. The molecule has 0 aliphatic rings. The van der Waals surface area contributed by atoms with E-state index in [2.05, 4.69) is 5.10 Å². The van der Waals surface area contributed by atoms with Gasteiger partial charge in [-0.15, -0.1) is 0 Å². The number of nitrogens with zero attached hydrogens (tertiary/aromatic N) is 2. The van der Waals surface area contributed by atoms with Crippen LogP contribution < -0.4 is 10.5 Å². The Labute approximate surface area is 105 Å². The van der Waals surface area contributed by atoms with Crippen LogP contribution in [0, 0.1) is 6.92 Å². The molecular weight excluding hydrogens is 230 g/mol. The van der Waals surface area contributed by atoms with E-state index in [9.17, 15) is 4.79 Å². The quantitative estimate of drug-likeness (QED) is 0.892. The second-order valence-corrected chi connectivity index (χ2v) is 4.00. The average molecular weight is 245 g/mol. The van der Waals surface area contributed by atoms with Gasteiger partial charge < -0.3 is 10.5 Å². The van der Waals surface area contributed by atoms with E-state index < -0.39 is 0 Å². The Morgan fingerprint density at radius 1 is 1.44 bits per heavy atom. The molecule has 2 rings (SSSR count). The van der Waals surface area contributed by atoms with Crippen molar-refractivity contribution in [2.24, 2.45) is 0 Å². The molecule has 0 unspecified atom stereocenters. The first-order valence-corrected chi connectivity index (χ1v) is 5.59. The lowest BCUT2D eigenvalue weighted by Crippen LogP contribution is -2.17. The maximum atomic E-state index is 12.1. The molecular formula is C13H15N3O2. The van der Waals surface area contributed by atoms with Gasteiger partial charge >= 0.3 is 0 Å². The highest BCUT2D eigenvalue weighted by Crippen LogP contribution is 2.18. The van der Waals surface area contributed by atoms with Gasteiger partial charge in [0.25, 0.3) is 5.91 Å². The van der Waals surface area contributed by atoms with Gasteiger partial charge in [0.1, 0.15) is 11.6 Å². The SMILES string of the molecule is COc1ccccc1CC(=O)n1nc(C)cc1N. The van der Waals surface area contributed by atoms with Crippen molar-refractivity contribution in [2.45, 2.75) is 13.3 Å². The lowest BCUT2D eigenvalue weighted by molar-refractivity contribution is 0.0900. The first-order chi connectivity index (χ1) is 8.61. The number of ether oxygens (including phenoxy) is 1. The van der Waals surface area contributed by atoms with E-state index in [1.54, 1.807) is 20.1 Å². The fraction of sp³-hybridized carbons (Fsp3) is 0.231. The second kappa shape index (κ2) is 4.91. The fourth-order valence-electron chi connectivity index (χ4n) is 1.81. The molecule has 5 heteroatoms. The van der Waals surface area contributed by atoms with E-state index in [4.69, 9.17) is 10.5 Å². The Balaban J connectivity index is 2.24. The zero-order chi connectivity index (χ0) is 13.1. The summed E-state index contributed by atoms with van der Waals surface area (Å²) in [5.41, 5.74) is 7.26. The molecule has 0 fully saturated rings. The number of methoxy groups -OCH3 is 1. The Bertz CT molecular complexity index is 575. The van der Waals surface area contributed by atoms with Gasteiger partial charge in [-0.2, -0.15) is 9.78 Å². The Morgan fingerprint density at radius 2 is 2.17 bits per heavy atom. The van der Waals surface area contributed by atoms with Crippen molar-refractivity contribution in [1.82, 2.24) is 9.78 Å². The lowest BCUT2D eigenvalue weighted by atomic mass is 10.1. The van der Waals surface area contributed by atoms with Crippen molar-refractivity contribution < 1.29 is 9.53 Å². The molecule has 0 aliphatic carbocycles. The van der Waals surface area contributed by atoms with Crippen molar-refractivity contribution in [3.8, 4) is 5.75 Å². The van der Waals surface area contributed by atoms with Crippen LogP contribution in [-0.4, -0.2) is 22.8 Å². The third-order valence-corrected chi connectivity index (χ3v) is 2.63. The summed E-state index contributed by atoms with van der Waals surface area (Å²) in [6, 6.07) is 9.06. The second-order valence-electron chi connectivity index (χ2n) is 4.00. The van der Waals surface area contributed by atoms with Crippen LogP contribution in [0.3, 0.4) is 0 Å². The molecule has 18 heavy (non-hydrogen) atoms. The molecule has 0 saturated carbocycles. The molecule has 5 nitrogen and oxygen atoms in total. The number of rotatable bonds is 3. The highest BCUT2D eigenvalue weighted by Gasteiger charge is 2.13. The summed E-state index contributed by atoms with van der Waals surface area (Å²) in [5, 5.41) is 4.06. The van der Waals surface area contributed by atoms with Crippen LogP contribution in [0.25, 0.3) is 0 Å². The number of benzene rings is 1. The fourth-order valence-corrected chi connectivity index (χ4v) is 1.81. The molecule has 2 N–H and O–H groups in total. The molecule has 0 amide bonds. The number of aromatic nitrogens is 2. The number of aryl methyl sites for hydroxylation is 1. The van der Waals surface area contributed by atoms with E-state index >= 15 is 0 Å². The van der Waals surface area contributed by atoms with Gasteiger partial charge in [0, 0.05) is 11.6 Å². The van der Waals surface area contributed by atoms with Crippen molar-refractivity contribution in [1.29, 1.82) is 0 Å². The van der Waals surface area contributed by atoms with Crippen LogP contribution >= 0.6 is 0 Å². The lowest BCUT2D eigenvalue weighted by Gasteiger charge is -2.07. The van der Waals surface area contributed by atoms with Gasteiger partial charge in [0.15, 0.2) is 0 Å². The van der Waals surface area contributed by atoms with Crippen LogP contribution in [-0.2, 0) is 6.42 Å². The number of carbonyl (C=O) groups is 1. The minimum atomic E-state index is -0.176. The van der Waals surface area contributed by atoms with Crippen molar-refractivity contribution in [2.75, 3.05) is 12.8 Å². The van der Waals surface area contributed by atoms with Crippen LogP contribution in [0.2, 0.25) is 0 Å². The number of anilines is 1. The number of carbonyl (C=O) groups excluding carboxylic acids is 1. The molecule has 0 atom stereocenters. The smallest absolute Gasteiger partial charge is 0.253 e. The number of para-hydroxylation sites is 1. The zero-order valence-corrected chi connectivity index (χ0v) is 10.4. The molecule has 94 valence electrons. The average Bonchev–Trinajstić information content (AvgIpc) is 2.69. The number of nitrogen functional groups attached to an aromatic ring is 1. The molecule has 0 aliphatic heterocycles. The predicted octanol–water partition coefficient (Wildman–Crippen LogP) is 1.67. The standard InChI is InChI=1S/C13H15N3O2/c1-9-7-12(14)16(15-9)13(17)8-10-5-3-4-6-11(10)18-2/h3-7H,8,14H2,1-2H3. The molecule has 2 aromatic rings. The van der Waals surface area contributed by atoms with E-state index in [1.807, 2.05) is 24.3 Å². The Hall–Kier alpha value is -2.30. The molecule has 0 saturated heterocycles. The van der Waals surface area contributed by atoms with Crippen molar-refractivity contribution >= 4 is 11.7 Å². The molecule has 0 spiro atoms. The summed E-state index contributed by atoms with van der Waals surface area (Å²) in [7, 11) is 1.58. The van der Waals surface area contributed by atoms with Crippen molar-refractivity contribution in [3.05, 3.63) is 41.6 Å². The largest absolute Gasteiger partial charge is 0.496 e. The zero-order valence-electron chi connectivity index (χ0n) is 10.4. The summed E-state index contributed by atoms with van der Waals surface area (Å²) < 4.78 is 6.43. The first kappa shape index (κ1) is 12.2. The number of nitrogens with two attached hydrogens (primary N) is 1. The van der Waals surface area contributed by atoms with E-state index in [1.165, 1.54) is 4.68 Å². The number of hydrogen-bond acceptors (Lipinski definition) is 4. The summed E-state index contributed by atoms with van der Waals surface area (Å²) in [6.07, 6.45) is 0.204. The van der Waals surface area contributed by atoms with Gasteiger partial charge in [-0.1, -0.05) is 18.2 Å². The Morgan fingerprint density at radius 3 is 2.78 bits per heavy atom. The van der Waals surface area contributed by atoms with Crippen LogP contribution in [0.5, 0.6) is 5.75 Å². The third-order valence-electron chi connectivity index (χ3n) is 2.63. The summed E-state index contributed by atoms with van der Waals surface area (Å²) >= 11 is 0. The highest BCUT2D eigenvalue weighted by atomic mass is 16.5. The maximum Gasteiger partial charge on any atom is 0.253 e. The van der Waals surface area contributed by atoms with Gasteiger partial charge in [0.2, 0.25) is 0 Å². The molecule has 0 bridgehead atoms. The summed E-state index contributed by atoms with van der Waals surface area (Å²) in [6.45, 7) is 1.79. The minimum Gasteiger partial charge on any atom is -0.496 e. The van der Waals surface area contributed by atoms with E-state index in [0.717, 1.165) is 11.3 Å². The minimum absolute atomic E-state index is 0.176. The van der Waals surface area contributed by atoms with Crippen molar-refractivity contribution in [3.63, 3.8) is 0 Å². The summed E-state index contributed by atoms with van der Waals surface area (Å²) in [4.78, 5) is 12.1. The van der Waals surface area contributed by atoms with Gasteiger partial charge in [-0.3, -0.25) is 4.79 Å². The molecule has 1 aromatic carbocycles. The molecule has 0 radical (unpaired) electrons. The maximum absolute atomic E-state index is 12.1. The van der Waals surface area contributed by atoms with Gasteiger partial charge in [-0.05, 0) is 13.0 Å². The van der Waals surface area contributed by atoms with Gasteiger partial charge in [0.05, 0.1) is 19.2 Å². The van der Waals surface area contributed by atoms with E-state index in [0.29, 0.717) is 11.6 Å². The van der Waals surface area contributed by atoms with Crippen LogP contribution in [0.15, 0.2) is 30.3 Å². The van der Waals surface area contributed by atoms with Crippen LogP contribution in [0.4, 0.5) is 5.82 Å². The highest BCUT2D eigenvalue weighted by molar-refractivity contribution is 5.83. The third kappa shape index (κ3) is 2.34. The monoisotopic (exact) mass is 245 g/mol. The number of hydrogen-bond donors (Lipinski definition) is 1. The van der Waals surface area contributed by atoms with Crippen LogP contribution in [0.1, 0.15) is 16.1 Å². The van der Waals surface area contributed by atoms with Gasteiger partial charge in [-0.25, -0.2) is 0 Å². The normalized spacial score (nSPS) is 10.3. The predicted molar refractivity (Wildman–Crippen MR) is 68.7 cm³/mol. The molecule has 1 aromatic heterocycles. The first-order valence-electron chi connectivity index (χ1n) is 5.59. The summed E-state index contributed by atoms with van der Waals surface area (Å²) in [5.74, 6) is 0.866. The topological polar surface area (TPSA) is 70.1 Å². The van der Waals surface area contributed by atoms with E-state index in [-0.39, 0.29) is 12.3 Å².